The van der Waals surface area contributed by atoms with Gasteiger partial charge in [-0.25, -0.2) is 0 Å². The first-order valence-electron chi connectivity index (χ1n) is 4.72. The Balaban J connectivity index is 0.00000112. The topological polar surface area (TPSA) is 3.01 Å². The van der Waals surface area contributed by atoms with Crippen LogP contribution in [0, 0.1) is 0 Å². The van der Waals surface area contributed by atoms with Gasteiger partial charge in [-0.05, 0) is 10.8 Å². The molecule has 0 unspecified atom stereocenters. The summed E-state index contributed by atoms with van der Waals surface area (Å²) in [6.07, 6.45) is 3.11. The van der Waals surface area contributed by atoms with Crippen LogP contribution in [-0.2, 0) is 21.1 Å². The molecule has 0 aromatic heterocycles. The molecule has 0 N–H and O–H groups in total. The van der Waals surface area contributed by atoms with E-state index >= 15 is 0 Å². The van der Waals surface area contributed by atoms with Crippen molar-refractivity contribution in [2.24, 2.45) is 0 Å². The molecule has 0 aliphatic carbocycles. The van der Waals surface area contributed by atoms with Crippen molar-refractivity contribution in [2.75, 3.05) is 7.05 Å². The van der Waals surface area contributed by atoms with Crippen molar-refractivity contribution in [3.8, 4) is 0 Å². The molecule has 1 nitrogen and oxygen atoms in total. The molecule has 0 spiro atoms. The average molecular weight is 367 g/mol. The SMILES string of the molecule is C[C-]=[N+](C)c1cccc2ccccc12.[W]. The van der Waals surface area contributed by atoms with Crippen LogP contribution in [0.3, 0.4) is 0 Å². The number of hydrogen-bond donors (Lipinski definition) is 0. The van der Waals surface area contributed by atoms with Crippen molar-refractivity contribution in [3.05, 3.63) is 42.5 Å². The van der Waals surface area contributed by atoms with E-state index < -0.39 is 0 Å². The van der Waals surface area contributed by atoms with Gasteiger partial charge in [-0.1, -0.05) is 49.4 Å². The summed E-state index contributed by atoms with van der Waals surface area (Å²) in [7, 11) is 2.02. The smallest absolute Gasteiger partial charge is 0.105 e. The third-order valence-corrected chi connectivity index (χ3v) is 2.46. The number of rotatable bonds is 1. The van der Waals surface area contributed by atoms with Crippen molar-refractivity contribution in [1.29, 1.82) is 0 Å². The molecule has 0 heterocycles. The number of nitrogens with zero attached hydrogens (tertiary/aromatic N) is 1. The minimum atomic E-state index is 0. The number of hydrogen-bond acceptors (Lipinski definition) is 0. The summed E-state index contributed by atoms with van der Waals surface area (Å²) < 4.78 is 2.02. The second kappa shape index (κ2) is 5.23. The van der Waals surface area contributed by atoms with Crippen molar-refractivity contribution >= 4 is 22.7 Å². The van der Waals surface area contributed by atoms with E-state index in [2.05, 4.69) is 48.7 Å². The maximum absolute atomic E-state index is 3.11. The van der Waals surface area contributed by atoms with Crippen molar-refractivity contribution in [2.45, 2.75) is 6.92 Å². The Hall–Kier alpha value is -0.942. The van der Waals surface area contributed by atoms with E-state index in [0.29, 0.717) is 0 Å². The Morgan fingerprint density at radius 1 is 1.00 bits per heavy atom. The molecule has 0 amide bonds. The first kappa shape index (κ1) is 12.1. The summed E-state index contributed by atoms with van der Waals surface area (Å²) >= 11 is 0. The van der Waals surface area contributed by atoms with E-state index in [0.717, 1.165) is 0 Å². The second-order valence-electron chi connectivity index (χ2n) is 3.28. The van der Waals surface area contributed by atoms with Gasteiger partial charge in [0.15, 0.2) is 0 Å². The minimum Gasteiger partial charge on any atom is -0.366 e. The molecule has 0 saturated heterocycles. The van der Waals surface area contributed by atoms with Crippen LogP contribution >= 0.6 is 0 Å². The van der Waals surface area contributed by atoms with Crippen molar-refractivity contribution in [1.82, 2.24) is 0 Å². The summed E-state index contributed by atoms with van der Waals surface area (Å²) in [6, 6.07) is 14.7. The molecule has 0 aliphatic rings. The Morgan fingerprint density at radius 2 is 1.67 bits per heavy atom. The molecule has 0 bridgehead atoms. The van der Waals surface area contributed by atoms with E-state index in [-0.39, 0.29) is 21.1 Å². The van der Waals surface area contributed by atoms with E-state index in [4.69, 9.17) is 0 Å². The molecule has 0 radical (unpaired) electrons. The van der Waals surface area contributed by atoms with Crippen LogP contribution in [0.1, 0.15) is 6.92 Å². The quantitative estimate of drug-likeness (QED) is 0.414. The molecule has 15 heavy (non-hydrogen) atoms. The van der Waals surface area contributed by atoms with Gasteiger partial charge in [-0.15, -0.1) is 0 Å². The number of fused-ring (bicyclic) bond motifs is 1. The molecule has 0 saturated carbocycles. The Morgan fingerprint density at radius 3 is 2.40 bits per heavy atom. The number of benzene rings is 2. The van der Waals surface area contributed by atoms with Gasteiger partial charge >= 0.3 is 0 Å². The van der Waals surface area contributed by atoms with Crippen LogP contribution in [0.25, 0.3) is 10.8 Å². The van der Waals surface area contributed by atoms with Crippen LogP contribution < -0.4 is 0 Å². The predicted octanol–water partition coefficient (Wildman–Crippen LogP) is 3.08. The predicted molar refractivity (Wildman–Crippen MR) is 60.5 cm³/mol. The van der Waals surface area contributed by atoms with Gasteiger partial charge < -0.3 is 4.58 Å². The average Bonchev–Trinajstić information content (AvgIpc) is 2.27. The fraction of sp³-hybridized carbons (Fsp3) is 0.154. The molecular formula is C13H13NW. The summed E-state index contributed by atoms with van der Waals surface area (Å²) in [5, 5.41) is 2.54. The van der Waals surface area contributed by atoms with Gasteiger partial charge in [-0.2, -0.15) is 0 Å². The zero-order chi connectivity index (χ0) is 9.97. The maximum Gasteiger partial charge on any atom is 0.105 e. The van der Waals surface area contributed by atoms with Crippen molar-refractivity contribution < 1.29 is 25.6 Å². The summed E-state index contributed by atoms with van der Waals surface area (Å²) in [5.74, 6) is 0. The first-order valence-corrected chi connectivity index (χ1v) is 4.72. The van der Waals surface area contributed by atoms with E-state index in [1.165, 1.54) is 16.5 Å². The molecule has 2 rings (SSSR count). The van der Waals surface area contributed by atoms with Crippen LogP contribution in [-0.4, -0.2) is 17.8 Å². The zero-order valence-electron chi connectivity index (χ0n) is 8.90. The summed E-state index contributed by atoms with van der Waals surface area (Å²) in [5.41, 5.74) is 1.20. The normalized spacial score (nSPS) is 11.2. The molecule has 76 valence electrons. The van der Waals surface area contributed by atoms with E-state index in [1.807, 2.05) is 18.5 Å². The fourth-order valence-electron chi connectivity index (χ4n) is 1.62. The minimum absolute atomic E-state index is 0. The van der Waals surface area contributed by atoms with Gasteiger partial charge in [0, 0.05) is 27.3 Å². The molecule has 2 heteroatoms. The van der Waals surface area contributed by atoms with Gasteiger partial charge in [0.1, 0.15) is 7.05 Å². The second-order valence-corrected chi connectivity index (χ2v) is 3.28. The Labute approximate surface area is 105 Å². The van der Waals surface area contributed by atoms with Gasteiger partial charge in [0.25, 0.3) is 0 Å². The monoisotopic (exact) mass is 367 g/mol. The van der Waals surface area contributed by atoms with E-state index in [1.54, 1.807) is 0 Å². The third-order valence-electron chi connectivity index (χ3n) is 2.46. The molecule has 0 aliphatic heterocycles. The first-order chi connectivity index (χ1) is 6.83. The molecule has 0 atom stereocenters. The molecule has 2 aromatic rings. The molecule has 0 fully saturated rings. The Kier molecular flexibility index (Phi) is 4.23. The van der Waals surface area contributed by atoms with Crippen LogP contribution in [0.15, 0.2) is 42.5 Å². The van der Waals surface area contributed by atoms with E-state index in [9.17, 15) is 0 Å². The largest absolute Gasteiger partial charge is 0.366 e. The van der Waals surface area contributed by atoms with Crippen molar-refractivity contribution in [3.63, 3.8) is 0 Å². The summed E-state index contributed by atoms with van der Waals surface area (Å²) in [4.78, 5) is 0. The molecule has 2 aromatic carbocycles. The third kappa shape index (κ3) is 2.35. The summed E-state index contributed by atoms with van der Waals surface area (Å²) in [6.45, 7) is 1.92. The van der Waals surface area contributed by atoms with Crippen LogP contribution in [0.5, 0.6) is 0 Å². The van der Waals surface area contributed by atoms with Crippen LogP contribution in [0.2, 0.25) is 0 Å². The molecular weight excluding hydrogens is 354 g/mol. The maximum atomic E-state index is 3.11. The van der Waals surface area contributed by atoms with Gasteiger partial charge in [-0.3, -0.25) is 0 Å². The zero-order valence-corrected chi connectivity index (χ0v) is 11.8. The standard InChI is InChI=1S/C13H13N.W/c1-3-14(2)13-10-6-8-11-7-4-5-9-12(11)13;/h4-10H,1-2H3;. The van der Waals surface area contributed by atoms with Gasteiger partial charge in [0.05, 0.1) is 5.69 Å². The fourth-order valence-corrected chi connectivity index (χ4v) is 1.62. The van der Waals surface area contributed by atoms with Gasteiger partial charge in [0.2, 0.25) is 0 Å². The van der Waals surface area contributed by atoms with Crippen LogP contribution in [0.4, 0.5) is 5.69 Å². The Bertz CT molecular complexity index is 483.